The summed E-state index contributed by atoms with van der Waals surface area (Å²) in [6.07, 6.45) is 7.52. The predicted octanol–water partition coefficient (Wildman–Crippen LogP) is 2.82. The van der Waals surface area contributed by atoms with Gasteiger partial charge in [0.2, 0.25) is 0 Å². The predicted molar refractivity (Wildman–Crippen MR) is 60.8 cm³/mol. The minimum atomic E-state index is -0.709. The van der Waals surface area contributed by atoms with Crippen molar-refractivity contribution in [3.63, 3.8) is 0 Å². The Morgan fingerprint density at radius 3 is 2.33 bits per heavy atom. The van der Waals surface area contributed by atoms with Crippen LogP contribution in [0.5, 0.6) is 0 Å². The van der Waals surface area contributed by atoms with Crippen LogP contribution < -0.4 is 0 Å². The van der Waals surface area contributed by atoms with E-state index < -0.39 is 5.97 Å². The summed E-state index contributed by atoms with van der Waals surface area (Å²) >= 11 is 0. The monoisotopic (exact) mass is 216 g/mol. The lowest BCUT2D eigenvalue weighted by Gasteiger charge is -2.14. The Morgan fingerprint density at radius 1 is 1.13 bits per heavy atom. The second-order valence-corrected chi connectivity index (χ2v) is 4.16. The maximum atomic E-state index is 10.5. The molecule has 0 saturated heterocycles. The summed E-state index contributed by atoms with van der Waals surface area (Å²) in [5.41, 5.74) is 0. The van der Waals surface area contributed by atoms with Crippen molar-refractivity contribution in [1.29, 1.82) is 0 Å². The molecular weight excluding hydrogens is 192 g/mol. The average molecular weight is 216 g/mol. The van der Waals surface area contributed by atoms with Crippen LogP contribution in [0.1, 0.15) is 58.3 Å². The fraction of sp³-hybridized carbons (Fsp3) is 0.917. The molecule has 0 aromatic carbocycles. The van der Waals surface area contributed by atoms with Gasteiger partial charge in [-0.15, -0.1) is 0 Å². The standard InChI is InChI=1S/C12H24O3/c1-2-3-4-6-11(7-5-10-13)8-9-12(14)15/h11,13H,2-10H2,1H3,(H,14,15). The molecule has 0 amide bonds. The molecule has 0 heterocycles. The van der Waals surface area contributed by atoms with Gasteiger partial charge in [0.25, 0.3) is 0 Å². The van der Waals surface area contributed by atoms with Crippen molar-refractivity contribution in [1.82, 2.24) is 0 Å². The zero-order valence-electron chi connectivity index (χ0n) is 9.74. The molecule has 2 N–H and O–H groups in total. The summed E-state index contributed by atoms with van der Waals surface area (Å²) in [5, 5.41) is 17.4. The third kappa shape index (κ3) is 9.73. The number of hydrogen-bond acceptors (Lipinski definition) is 2. The molecule has 0 aromatic heterocycles. The second kappa shape index (κ2) is 9.97. The molecule has 1 unspecified atom stereocenters. The van der Waals surface area contributed by atoms with E-state index in [1.165, 1.54) is 19.3 Å². The van der Waals surface area contributed by atoms with Crippen LogP contribution in [0.4, 0.5) is 0 Å². The zero-order valence-corrected chi connectivity index (χ0v) is 9.74. The van der Waals surface area contributed by atoms with Crippen LogP contribution in [-0.2, 0) is 4.79 Å². The van der Waals surface area contributed by atoms with Crippen LogP contribution in [0.15, 0.2) is 0 Å². The molecule has 3 nitrogen and oxygen atoms in total. The Morgan fingerprint density at radius 2 is 1.80 bits per heavy atom. The van der Waals surface area contributed by atoms with E-state index in [1.807, 2.05) is 0 Å². The van der Waals surface area contributed by atoms with Gasteiger partial charge >= 0.3 is 5.97 Å². The molecule has 3 heteroatoms. The lowest BCUT2D eigenvalue weighted by molar-refractivity contribution is -0.137. The quantitative estimate of drug-likeness (QED) is 0.552. The maximum Gasteiger partial charge on any atom is 0.303 e. The van der Waals surface area contributed by atoms with E-state index in [9.17, 15) is 4.79 Å². The van der Waals surface area contributed by atoms with Gasteiger partial charge in [0.05, 0.1) is 0 Å². The molecule has 0 aliphatic rings. The molecule has 0 aromatic rings. The van der Waals surface area contributed by atoms with E-state index in [0.29, 0.717) is 5.92 Å². The highest BCUT2D eigenvalue weighted by molar-refractivity contribution is 5.66. The van der Waals surface area contributed by atoms with Gasteiger partial charge in [-0.2, -0.15) is 0 Å². The van der Waals surface area contributed by atoms with Gasteiger partial charge in [-0.3, -0.25) is 4.79 Å². The second-order valence-electron chi connectivity index (χ2n) is 4.16. The Hall–Kier alpha value is -0.570. The summed E-state index contributed by atoms with van der Waals surface area (Å²) < 4.78 is 0. The lowest BCUT2D eigenvalue weighted by Crippen LogP contribution is -2.06. The normalized spacial score (nSPS) is 12.7. The Labute approximate surface area is 92.5 Å². The van der Waals surface area contributed by atoms with E-state index in [1.54, 1.807) is 0 Å². The first kappa shape index (κ1) is 14.4. The molecule has 0 aliphatic carbocycles. The van der Waals surface area contributed by atoms with Gasteiger partial charge in [-0.1, -0.05) is 32.6 Å². The van der Waals surface area contributed by atoms with Gasteiger partial charge in [0, 0.05) is 13.0 Å². The van der Waals surface area contributed by atoms with Crippen molar-refractivity contribution in [2.24, 2.45) is 5.92 Å². The van der Waals surface area contributed by atoms with E-state index in [4.69, 9.17) is 10.2 Å². The number of hydrogen-bond donors (Lipinski definition) is 2. The Balaban J connectivity index is 3.67. The molecule has 15 heavy (non-hydrogen) atoms. The minimum absolute atomic E-state index is 0.220. The molecule has 0 saturated carbocycles. The third-order valence-electron chi connectivity index (χ3n) is 2.75. The number of carboxylic acids is 1. The number of rotatable bonds is 10. The van der Waals surface area contributed by atoms with E-state index in [2.05, 4.69) is 6.92 Å². The molecule has 0 aliphatic heterocycles. The first-order valence-corrected chi connectivity index (χ1v) is 6.03. The zero-order chi connectivity index (χ0) is 11.5. The number of unbranched alkanes of at least 4 members (excludes halogenated alkanes) is 2. The van der Waals surface area contributed by atoms with Crippen LogP contribution in [0, 0.1) is 5.92 Å². The van der Waals surface area contributed by atoms with E-state index >= 15 is 0 Å². The van der Waals surface area contributed by atoms with Crippen LogP contribution in [0.2, 0.25) is 0 Å². The smallest absolute Gasteiger partial charge is 0.303 e. The van der Waals surface area contributed by atoms with Crippen LogP contribution in [0.25, 0.3) is 0 Å². The lowest BCUT2D eigenvalue weighted by atomic mass is 9.92. The van der Waals surface area contributed by atoms with Crippen LogP contribution >= 0.6 is 0 Å². The molecule has 0 fully saturated rings. The summed E-state index contributed by atoms with van der Waals surface area (Å²) in [7, 11) is 0. The summed E-state index contributed by atoms with van der Waals surface area (Å²) in [6.45, 7) is 2.39. The van der Waals surface area contributed by atoms with E-state index in [0.717, 1.165) is 25.7 Å². The number of aliphatic hydroxyl groups is 1. The van der Waals surface area contributed by atoms with Crippen molar-refractivity contribution >= 4 is 5.97 Å². The first-order chi connectivity index (χ1) is 7.20. The average Bonchev–Trinajstić information content (AvgIpc) is 2.21. The van der Waals surface area contributed by atoms with Gasteiger partial charge in [-0.25, -0.2) is 0 Å². The molecule has 0 rings (SSSR count). The molecule has 90 valence electrons. The maximum absolute atomic E-state index is 10.5. The molecule has 0 bridgehead atoms. The minimum Gasteiger partial charge on any atom is -0.481 e. The summed E-state index contributed by atoms with van der Waals surface area (Å²) in [6, 6.07) is 0. The van der Waals surface area contributed by atoms with Gasteiger partial charge in [-0.05, 0) is 25.2 Å². The molecule has 1 atom stereocenters. The van der Waals surface area contributed by atoms with Gasteiger partial charge in [0.1, 0.15) is 0 Å². The first-order valence-electron chi connectivity index (χ1n) is 6.03. The van der Waals surface area contributed by atoms with Crippen molar-refractivity contribution in [3.8, 4) is 0 Å². The topological polar surface area (TPSA) is 57.5 Å². The van der Waals surface area contributed by atoms with Gasteiger partial charge < -0.3 is 10.2 Å². The number of aliphatic hydroxyl groups excluding tert-OH is 1. The highest BCUT2D eigenvalue weighted by Crippen LogP contribution is 2.20. The van der Waals surface area contributed by atoms with Crippen molar-refractivity contribution in [2.45, 2.75) is 58.3 Å². The summed E-state index contributed by atoms with van der Waals surface area (Å²) in [5.74, 6) is -0.223. The van der Waals surface area contributed by atoms with E-state index in [-0.39, 0.29) is 13.0 Å². The molecule has 0 spiro atoms. The Kier molecular flexibility index (Phi) is 9.59. The third-order valence-corrected chi connectivity index (χ3v) is 2.75. The van der Waals surface area contributed by atoms with Crippen molar-refractivity contribution < 1.29 is 15.0 Å². The molecule has 0 radical (unpaired) electrons. The van der Waals surface area contributed by atoms with Gasteiger partial charge in [0.15, 0.2) is 0 Å². The highest BCUT2D eigenvalue weighted by atomic mass is 16.4. The SMILES string of the molecule is CCCCCC(CCCO)CCC(=O)O. The van der Waals surface area contributed by atoms with Crippen LogP contribution in [0.3, 0.4) is 0 Å². The van der Waals surface area contributed by atoms with Crippen molar-refractivity contribution in [2.75, 3.05) is 6.61 Å². The largest absolute Gasteiger partial charge is 0.481 e. The fourth-order valence-electron chi connectivity index (χ4n) is 1.82. The van der Waals surface area contributed by atoms with Crippen LogP contribution in [-0.4, -0.2) is 22.8 Å². The molecular formula is C12H24O3. The number of carbonyl (C=O) groups is 1. The summed E-state index contributed by atoms with van der Waals surface area (Å²) in [4.78, 5) is 10.5. The highest BCUT2D eigenvalue weighted by Gasteiger charge is 2.10. The Bertz CT molecular complexity index is 157. The number of aliphatic carboxylic acids is 1. The number of carboxylic acid groups (broad SMARTS) is 1. The fourth-order valence-corrected chi connectivity index (χ4v) is 1.82. The van der Waals surface area contributed by atoms with Crippen molar-refractivity contribution in [3.05, 3.63) is 0 Å².